The molecule has 0 fully saturated rings. The highest BCUT2D eigenvalue weighted by atomic mass is 35.5. The van der Waals surface area contributed by atoms with Crippen molar-refractivity contribution < 1.29 is 13.5 Å². The summed E-state index contributed by atoms with van der Waals surface area (Å²) in [7, 11) is 0. The average Bonchev–Trinajstić information content (AvgIpc) is 2.36. The maximum absolute atomic E-state index is 12.1. The van der Waals surface area contributed by atoms with Gasteiger partial charge in [-0.1, -0.05) is 44.2 Å². The fourth-order valence-electron chi connectivity index (χ4n) is 1.76. The van der Waals surface area contributed by atoms with Crippen molar-refractivity contribution in [3.63, 3.8) is 0 Å². The number of halogens is 3. The Morgan fingerprint density at radius 1 is 1.21 bits per heavy atom. The van der Waals surface area contributed by atoms with Crippen molar-refractivity contribution in [2.24, 2.45) is 0 Å². The lowest BCUT2D eigenvalue weighted by atomic mass is 10.1. The standard InChI is InChI=1S/C14H20ClF2NO/c1-2-3-4-5-6-9-18-11-7-8-13(12(15)10-11)19-14(16)17/h7-8,10,14,18H,2-6,9H2,1H3. The summed E-state index contributed by atoms with van der Waals surface area (Å²) in [4.78, 5) is 0. The fourth-order valence-corrected chi connectivity index (χ4v) is 1.99. The summed E-state index contributed by atoms with van der Waals surface area (Å²) < 4.78 is 28.4. The van der Waals surface area contributed by atoms with Gasteiger partial charge >= 0.3 is 6.61 Å². The van der Waals surface area contributed by atoms with E-state index in [1.165, 1.54) is 31.7 Å². The topological polar surface area (TPSA) is 21.3 Å². The minimum Gasteiger partial charge on any atom is -0.433 e. The van der Waals surface area contributed by atoms with E-state index >= 15 is 0 Å². The van der Waals surface area contributed by atoms with Gasteiger partial charge in [-0.25, -0.2) is 0 Å². The lowest BCUT2D eigenvalue weighted by molar-refractivity contribution is -0.0497. The number of rotatable bonds is 9. The molecule has 0 unspecified atom stereocenters. The van der Waals surface area contributed by atoms with E-state index in [-0.39, 0.29) is 10.8 Å². The van der Waals surface area contributed by atoms with Crippen molar-refractivity contribution >= 4 is 17.3 Å². The summed E-state index contributed by atoms with van der Waals surface area (Å²) >= 11 is 5.86. The van der Waals surface area contributed by atoms with Gasteiger partial charge in [0.15, 0.2) is 0 Å². The fraction of sp³-hybridized carbons (Fsp3) is 0.571. The summed E-state index contributed by atoms with van der Waals surface area (Å²) in [5, 5.41) is 3.41. The molecular weight excluding hydrogens is 272 g/mol. The molecule has 0 saturated carbocycles. The van der Waals surface area contributed by atoms with E-state index in [1.807, 2.05) is 0 Å². The number of hydrogen-bond acceptors (Lipinski definition) is 2. The molecule has 0 amide bonds. The summed E-state index contributed by atoms with van der Waals surface area (Å²) in [5.74, 6) is 0.00478. The summed E-state index contributed by atoms with van der Waals surface area (Å²) in [6.45, 7) is 0.188. The molecule has 0 aromatic heterocycles. The maximum Gasteiger partial charge on any atom is 0.387 e. The predicted octanol–water partition coefficient (Wildman–Crippen LogP) is 5.32. The molecule has 0 heterocycles. The monoisotopic (exact) mass is 291 g/mol. The first-order chi connectivity index (χ1) is 9.13. The van der Waals surface area contributed by atoms with Crippen LogP contribution in [-0.4, -0.2) is 13.2 Å². The number of ether oxygens (including phenoxy) is 1. The smallest absolute Gasteiger partial charge is 0.387 e. The van der Waals surface area contributed by atoms with Crippen LogP contribution in [0.5, 0.6) is 5.75 Å². The Bertz CT molecular complexity index is 374. The first kappa shape index (κ1) is 16.0. The summed E-state index contributed by atoms with van der Waals surface area (Å²) in [6, 6.07) is 4.74. The first-order valence-electron chi connectivity index (χ1n) is 6.61. The molecule has 5 heteroatoms. The van der Waals surface area contributed by atoms with Gasteiger partial charge < -0.3 is 10.1 Å². The number of benzene rings is 1. The van der Waals surface area contributed by atoms with Gasteiger partial charge in [0.1, 0.15) is 5.75 Å². The summed E-state index contributed by atoms with van der Waals surface area (Å²) in [5.41, 5.74) is 0.821. The second-order valence-electron chi connectivity index (χ2n) is 4.36. The predicted molar refractivity (Wildman–Crippen MR) is 75.3 cm³/mol. The van der Waals surface area contributed by atoms with Crippen molar-refractivity contribution in [3.8, 4) is 5.75 Å². The Morgan fingerprint density at radius 2 is 1.95 bits per heavy atom. The molecule has 0 atom stereocenters. The van der Waals surface area contributed by atoms with E-state index in [1.54, 1.807) is 12.1 Å². The number of alkyl halides is 2. The van der Waals surface area contributed by atoms with Gasteiger partial charge in [-0.2, -0.15) is 8.78 Å². The molecule has 0 spiro atoms. The Kier molecular flexibility index (Phi) is 7.56. The van der Waals surface area contributed by atoms with E-state index in [9.17, 15) is 8.78 Å². The molecule has 19 heavy (non-hydrogen) atoms. The lowest BCUT2D eigenvalue weighted by Crippen LogP contribution is -2.04. The second kappa shape index (κ2) is 8.97. The molecule has 0 aliphatic carbocycles. The Morgan fingerprint density at radius 3 is 2.58 bits per heavy atom. The molecule has 0 bridgehead atoms. The van der Waals surface area contributed by atoms with Gasteiger partial charge in [0.2, 0.25) is 0 Å². The third-order valence-electron chi connectivity index (χ3n) is 2.76. The first-order valence-corrected chi connectivity index (χ1v) is 6.99. The van der Waals surface area contributed by atoms with Crippen LogP contribution >= 0.6 is 11.6 Å². The second-order valence-corrected chi connectivity index (χ2v) is 4.77. The van der Waals surface area contributed by atoms with E-state index in [0.29, 0.717) is 0 Å². The molecular formula is C14H20ClF2NO. The zero-order valence-electron chi connectivity index (χ0n) is 11.1. The van der Waals surface area contributed by atoms with Gasteiger partial charge in [-0.05, 0) is 24.6 Å². The summed E-state index contributed by atoms with van der Waals surface area (Å²) in [6.07, 6.45) is 6.04. The van der Waals surface area contributed by atoms with Gasteiger partial charge in [-0.15, -0.1) is 0 Å². The van der Waals surface area contributed by atoms with E-state index < -0.39 is 6.61 Å². The van der Waals surface area contributed by atoms with Crippen LogP contribution in [0.25, 0.3) is 0 Å². The van der Waals surface area contributed by atoms with Crippen molar-refractivity contribution in [2.75, 3.05) is 11.9 Å². The van der Waals surface area contributed by atoms with E-state index in [2.05, 4.69) is 17.0 Å². The van der Waals surface area contributed by atoms with Gasteiger partial charge in [0.25, 0.3) is 0 Å². The normalized spacial score (nSPS) is 10.8. The zero-order valence-corrected chi connectivity index (χ0v) is 11.9. The number of anilines is 1. The van der Waals surface area contributed by atoms with E-state index in [0.717, 1.165) is 18.7 Å². The number of unbranched alkanes of at least 4 members (excludes halogenated alkanes) is 4. The molecule has 0 aliphatic heterocycles. The van der Waals surface area contributed by atoms with Crippen molar-refractivity contribution in [1.82, 2.24) is 0 Å². The molecule has 0 saturated heterocycles. The molecule has 1 aromatic carbocycles. The van der Waals surface area contributed by atoms with Crippen LogP contribution in [-0.2, 0) is 0 Å². The van der Waals surface area contributed by atoms with Crippen LogP contribution in [0, 0.1) is 0 Å². The largest absolute Gasteiger partial charge is 0.433 e. The minimum atomic E-state index is -2.85. The van der Waals surface area contributed by atoms with Crippen LogP contribution in [0.3, 0.4) is 0 Å². The van der Waals surface area contributed by atoms with Crippen LogP contribution in [0.1, 0.15) is 39.0 Å². The van der Waals surface area contributed by atoms with Crippen molar-refractivity contribution in [1.29, 1.82) is 0 Å². The highest BCUT2D eigenvalue weighted by molar-refractivity contribution is 6.32. The van der Waals surface area contributed by atoms with Gasteiger partial charge in [-0.3, -0.25) is 0 Å². The van der Waals surface area contributed by atoms with Crippen LogP contribution in [0.15, 0.2) is 18.2 Å². The SMILES string of the molecule is CCCCCCCNc1ccc(OC(F)F)c(Cl)c1. The van der Waals surface area contributed by atoms with Crippen molar-refractivity contribution in [3.05, 3.63) is 23.2 Å². The molecule has 1 rings (SSSR count). The van der Waals surface area contributed by atoms with Gasteiger partial charge in [0, 0.05) is 12.2 Å². The molecule has 0 aliphatic rings. The number of hydrogen-bond donors (Lipinski definition) is 1. The lowest BCUT2D eigenvalue weighted by Gasteiger charge is -2.10. The van der Waals surface area contributed by atoms with Crippen LogP contribution in [0.4, 0.5) is 14.5 Å². The third-order valence-corrected chi connectivity index (χ3v) is 3.05. The maximum atomic E-state index is 12.1. The molecule has 1 N–H and O–H groups in total. The average molecular weight is 292 g/mol. The minimum absolute atomic E-state index is 0.00478. The van der Waals surface area contributed by atoms with Crippen LogP contribution < -0.4 is 10.1 Å². The Labute approximate surface area is 118 Å². The Hall–Kier alpha value is -1.03. The van der Waals surface area contributed by atoms with Crippen molar-refractivity contribution in [2.45, 2.75) is 45.6 Å². The quantitative estimate of drug-likeness (QED) is 0.621. The van der Waals surface area contributed by atoms with E-state index in [4.69, 9.17) is 11.6 Å². The zero-order chi connectivity index (χ0) is 14.1. The van der Waals surface area contributed by atoms with Crippen LogP contribution in [0.2, 0.25) is 5.02 Å². The molecule has 1 aromatic rings. The number of nitrogens with one attached hydrogen (secondary N) is 1. The highest BCUT2D eigenvalue weighted by Crippen LogP contribution is 2.28. The molecule has 2 nitrogen and oxygen atoms in total. The molecule has 0 radical (unpaired) electrons. The molecule has 108 valence electrons. The Balaban J connectivity index is 2.33. The third kappa shape index (κ3) is 6.62. The van der Waals surface area contributed by atoms with Gasteiger partial charge in [0.05, 0.1) is 5.02 Å². The highest BCUT2D eigenvalue weighted by Gasteiger charge is 2.08.